The lowest BCUT2D eigenvalue weighted by Gasteiger charge is -2.35. The van der Waals surface area contributed by atoms with Crippen molar-refractivity contribution in [2.75, 3.05) is 25.0 Å². The van der Waals surface area contributed by atoms with Crippen molar-refractivity contribution >= 4 is 27.5 Å². The maximum absolute atomic E-state index is 13.5. The van der Waals surface area contributed by atoms with E-state index in [1.165, 1.54) is 24.1 Å². The molecule has 8 nitrogen and oxygen atoms in total. The molecule has 0 unspecified atom stereocenters. The van der Waals surface area contributed by atoms with Crippen LogP contribution in [0.15, 0.2) is 89.8 Å². The summed E-state index contributed by atoms with van der Waals surface area (Å²) >= 11 is 0. The standard InChI is InChI=1S/C25H25N3O5S/c1-26-25(30)23-17-28(21-14-8-9-15-22(21)33-23)24(29)18-27(16-19-10-4-2-5-11-19)34(31,32)20-12-6-3-7-13-20/h2-15,23H,16-18H2,1H3,(H,26,30)/t23-/m1/s1. The van der Waals surface area contributed by atoms with E-state index >= 15 is 0 Å². The van der Waals surface area contributed by atoms with Crippen LogP contribution in [-0.4, -0.2) is 50.8 Å². The van der Waals surface area contributed by atoms with E-state index in [0.717, 1.165) is 9.87 Å². The zero-order valence-electron chi connectivity index (χ0n) is 18.6. The highest BCUT2D eigenvalue weighted by Crippen LogP contribution is 2.33. The molecule has 9 heteroatoms. The second-order valence-corrected chi connectivity index (χ2v) is 9.70. The molecule has 1 atom stereocenters. The molecule has 176 valence electrons. The summed E-state index contributed by atoms with van der Waals surface area (Å²) in [5.41, 5.74) is 1.24. The quantitative estimate of drug-likeness (QED) is 0.562. The van der Waals surface area contributed by atoms with Gasteiger partial charge in [-0.3, -0.25) is 9.59 Å². The van der Waals surface area contributed by atoms with E-state index in [0.29, 0.717) is 11.4 Å². The number of rotatable bonds is 7. The van der Waals surface area contributed by atoms with Crippen molar-refractivity contribution in [1.29, 1.82) is 0 Å². The Balaban J connectivity index is 1.67. The van der Waals surface area contributed by atoms with Gasteiger partial charge in [0.25, 0.3) is 5.91 Å². The molecule has 34 heavy (non-hydrogen) atoms. The maximum atomic E-state index is 13.5. The third-order valence-corrected chi connectivity index (χ3v) is 7.31. The van der Waals surface area contributed by atoms with Gasteiger partial charge in [0.05, 0.1) is 23.7 Å². The van der Waals surface area contributed by atoms with Crippen molar-refractivity contribution in [3.05, 3.63) is 90.5 Å². The number of likely N-dealkylation sites (N-methyl/N-ethyl adjacent to an activating group) is 1. The van der Waals surface area contributed by atoms with Crippen LogP contribution in [0.1, 0.15) is 5.56 Å². The van der Waals surface area contributed by atoms with Gasteiger partial charge in [0.15, 0.2) is 6.10 Å². The van der Waals surface area contributed by atoms with Crippen molar-refractivity contribution in [2.24, 2.45) is 0 Å². The summed E-state index contributed by atoms with van der Waals surface area (Å²) in [6, 6.07) is 24.0. The number of carbonyl (C=O) groups excluding carboxylic acids is 2. The summed E-state index contributed by atoms with van der Waals surface area (Å²) in [6.07, 6.45) is -0.905. The minimum atomic E-state index is -3.97. The molecule has 3 aromatic carbocycles. The molecular weight excluding hydrogens is 454 g/mol. The number of nitrogens with zero attached hydrogens (tertiary/aromatic N) is 2. The molecule has 1 N–H and O–H groups in total. The molecule has 1 aliphatic heterocycles. The lowest BCUT2D eigenvalue weighted by atomic mass is 10.1. The number of anilines is 1. The Morgan fingerprint density at radius 3 is 2.26 bits per heavy atom. The van der Waals surface area contributed by atoms with E-state index < -0.39 is 28.6 Å². The topological polar surface area (TPSA) is 96.0 Å². The predicted molar refractivity (Wildman–Crippen MR) is 128 cm³/mol. The highest BCUT2D eigenvalue weighted by atomic mass is 32.2. The molecule has 1 heterocycles. The SMILES string of the molecule is CNC(=O)[C@H]1CN(C(=O)CN(Cc2ccccc2)S(=O)(=O)c2ccccc2)c2ccccc2O1. The fourth-order valence-electron chi connectivity index (χ4n) is 3.76. The van der Waals surface area contributed by atoms with Crippen LogP contribution in [0.3, 0.4) is 0 Å². The number of benzene rings is 3. The normalized spacial score (nSPS) is 15.4. The van der Waals surface area contributed by atoms with E-state index in [9.17, 15) is 18.0 Å². The summed E-state index contributed by atoms with van der Waals surface area (Å²) in [7, 11) is -2.48. The van der Waals surface area contributed by atoms with Crippen LogP contribution >= 0.6 is 0 Å². The molecular formula is C25H25N3O5S. The van der Waals surface area contributed by atoms with Gasteiger partial charge >= 0.3 is 0 Å². The number of para-hydroxylation sites is 2. The van der Waals surface area contributed by atoms with Crippen LogP contribution in [0.2, 0.25) is 0 Å². The average Bonchev–Trinajstić information content (AvgIpc) is 2.88. The number of carbonyl (C=O) groups is 2. The van der Waals surface area contributed by atoms with E-state index in [4.69, 9.17) is 4.74 Å². The summed E-state index contributed by atoms with van der Waals surface area (Å²) in [5.74, 6) is -0.443. The first-order valence-electron chi connectivity index (χ1n) is 10.8. The van der Waals surface area contributed by atoms with Crippen molar-refractivity contribution in [3.8, 4) is 5.75 Å². The largest absolute Gasteiger partial charge is 0.477 e. The Kier molecular flexibility index (Phi) is 6.95. The molecule has 0 saturated heterocycles. The molecule has 0 fully saturated rings. The fraction of sp³-hybridized carbons (Fsp3) is 0.200. The van der Waals surface area contributed by atoms with Crippen molar-refractivity contribution in [3.63, 3.8) is 0 Å². The van der Waals surface area contributed by atoms with Crippen LogP contribution in [0.25, 0.3) is 0 Å². The Labute approximate surface area is 198 Å². The summed E-state index contributed by atoms with van der Waals surface area (Å²) in [6.45, 7) is -0.407. The van der Waals surface area contributed by atoms with Gasteiger partial charge in [0.1, 0.15) is 5.75 Å². The van der Waals surface area contributed by atoms with Gasteiger partial charge < -0.3 is 15.0 Å². The number of sulfonamides is 1. The number of hydrogen-bond donors (Lipinski definition) is 1. The van der Waals surface area contributed by atoms with Gasteiger partial charge in [-0.15, -0.1) is 0 Å². The van der Waals surface area contributed by atoms with E-state index in [-0.39, 0.29) is 23.9 Å². The molecule has 0 aliphatic carbocycles. The van der Waals surface area contributed by atoms with Gasteiger partial charge in [-0.2, -0.15) is 4.31 Å². The Bertz CT molecular complexity index is 1270. The number of fused-ring (bicyclic) bond motifs is 1. The van der Waals surface area contributed by atoms with Crippen LogP contribution in [0.4, 0.5) is 5.69 Å². The predicted octanol–water partition coefficient (Wildman–Crippen LogP) is 2.42. The molecule has 0 saturated carbocycles. The van der Waals surface area contributed by atoms with E-state index in [2.05, 4.69) is 5.32 Å². The van der Waals surface area contributed by atoms with Crippen LogP contribution in [0, 0.1) is 0 Å². The molecule has 2 amide bonds. The Hall–Kier alpha value is -3.69. The summed E-state index contributed by atoms with van der Waals surface area (Å²) in [5, 5.41) is 2.54. The number of nitrogens with one attached hydrogen (secondary N) is 1. The van der Waals surface area contributed by atoms with E-state index in [1.807, 2.05) is 30.3 Å². The van der Waals surface area contributed by atoms with Crippen molar-refractivity contribution < 1.29 is 22.7 Å². The minimum Gasteiger partial charge on any atom is -0.477 e. The van der Waals surface area contributed by atoms with Crippen LogP contribution in [-0.2, 0) is 26.2 Å². The minimum absolute atomic E-state index is 0.0225. The van der Waals surface area contributed by atoms with Crippen LogP contribution in [0.5, 0.6) is 5.75 Å². The highest BCUT2D eigenvalue weighted by Gasteiger charge is 2.35. The zero-order chi connectivity index (χ0) is 24.1. The second-order valence-electron chi connectivity index (χ2n) is 7.76. The van der Waals surface area contributed by atoms with Gasteiger partial charge in [0.2, 0.25) is 15.9 Å². The fourth-order valence-corrected chi connectivity index (χ4v) is 5.16. The number of amides is 2. The Morgan fingerprint density at radius 1 is 0.971 bits per heavy atom. The first-order valence-corrected chi connectivity index (χ1v) is 12.2. The average molecular weight is 480 g/mol. The first-order chi connectivity index (χ1) is 16.4. The van der Waals surface area contributed by atoms with Gasteiger partial charge in [-0.05, 0) is 29.8 Å². The number of hydrogen-bond acceptors (Lipinski definition) is 5. The van der Waals surface area contributed by atoms with Gasteiger partial charge in [0, 0.05) is 13.6 Å². The monoisotopic (exact) mass is 479 g/mol. The third-order valence-electron chi connectivity index (χ3n) is 5.51. The van der Waals surface area contributed by atoms with Crippen molar-refractivity contribution in [2.45, 2.75) is 17.5 Å². The molecule has 4 rings (SSSR count). The van der Waals surface area contributed by atoms with E-state index in [1.54, 1.807) is 42.5 Å². The summed E-state index contributed by atoms with van der Waals surface area (Å²) < 4.78 is 33.9. The molecule has 0 radical (unpaired) electrons. The molecule has 0 bridgehead atoms. The zero-order valence-corrected chi connectivity index (χ0v) is 19.4. The third kappa shape index (κ3) is 4.95. The lowest BCUT2D eigenvalue weighted by molar-refractivity contribution is -0.128. The van der Waals surface area contributed by atoms with Crippen LogP contribution < -0.4 is 15.0 Å². The molecule has 0 aromatic heterocycles. The first kappa shape index (κ1) is 23.5. The maximum Gasteiger partial charge on any atom is 0.262 e. The molecule has 1 aliphatic rings. The number of ether oxygens (including phenoxy) is 1. The summed E-state index contributed by atoms with van der Waals surface area (Å²) in [4.78, 5) is 27.3. The second kappa shape index (κ2) is 10.1. The highest BCUT2D eigenvalue weighted by molar-refractivity contribution is 7.89. The van der Waals surface area contributed by atoms with Crippen molar-refractivity contribution in [1.82, 2.24) is 9.62 Å². The lowest BCUT2D eigenvalue weighted by Crippen LogP contribution is -2.52. The molecule has 0 spiro atoms. The van der Waals surface area contributed by atoms with Gasteiger partial charge in [-0.1, -0.05) is 60.7 Å². The Morgan fingerprint density at radius 2 is 1.59 bits per heavy atom. The molecule has 3 aromatic rings. The van der Waals surface area contributed by atoms with Gasteiger partial charge in [-0.25, -0.2) is 8.42 Å². The smallest absolute Gasteiger partial charge is 0.262 e.